The quantitative estimate of drug-likeness (QED) is 0.334. The van der Waals surface area contributed by atoms with E-state index in [2.05, 4.69) is 25.1 Å². The van der Waals surface area contributed by atoms with Crippen molar-refractivity contribution in [1.29, 1.82) is 0 Å². The van der Waals surface area contributed by atoms with Gasteiger partial charge in [-0.3, -0.25) is 0 Å². The maximum Gasteiger partial charge on any atom is 0.231 e. The lowest BCUT2D eigenvalue weighted by Crippen LogP contribution is -2.34. The van der Waals surface area contributed by atoms with E-state index in [4.69, 9.17) is 4.98 Å². The van der Waals surface area contributed by atoms with E-state index in [1.807, 2.05) is 0 Å². The molecule has 1 aromatic heterocycles. The highest BCUT2D eigenvalue weighted by Crippen LogP contribution is 2.23. The van der Waals surface area contributed by atoms with E-state index in [9.17, 15) is 8.78 Å². The van der Waals surface area contributed by atoms with Gasteiger partial charge in [-0.25, -0.2) is 8.78 Å². The summed E-state index contributed by atoms with van der Waals surface area (Å²) < 4.78 is 27.1. The average Bonchev–Trinajstić information content (AvgIpc) is 2.74. The van der Waals surface area contributed by atoms with Gasteiger partial charge in [0.1, 0.15) is 11.6 Å². The molecule has 198 valence electrons. The molecule has 4 rings (SSSR count). The fourth-order valence-electron chi connectivity index (χ4n) is 3.74. The van der Waals surface area contributed by atoms with Crippen LogP contribution in [0.15, 0.2) is 18.2 Å². The summed E-state index contributed by atoms with van der Waals surface area (Å²) in [4.78, 5) is 18.3. The van der Waals surface area contributed by atoms with Crippen molar-refractivity contribution in [2.75, 3.05) is 41.3 Å². The summed E-state index contributed by atoms with van der Waals surface area (Å²) in [6.07, 6.45) is 7.00. The summed E-state index contributed by atoms with van der Waals surface area (Å²) in [5.41, 5.74) is 0.376. The Labute approximate surface area is 206 Å². The Morgan fingerprint density at radius 1 is 0.758 bits per heavy atom. The highest BCUT2D eigenvalue weighted by Gasteiger charge is 2.20. The number of aromatic nitrogens is 3. The lowest BCUT2D eigenvalue weighted by molar-refractivity contribution is 0.556. The molecule has 0 aliphatic carbocycles. The third-order valence-electron chi connectivity index (χ3n) is 5.34. The van der Waals surface area contributed by atoms with Gasteiger partial charge in [-0.2, -0.15) is 15.0 Å². The Morgan fingerprint density at radius 2 is 1.24 bits per heavy atom. The minimum atomic E-state index is -0.582. The summed E-state index contributed by atoms with van der Waals surface area (Å²) in [6, 6.07) is 3.59. The Balaban J connectivity index is -0.000000267. The number of hydrogen-bond acceptors (Lipinski definition) is 10. The number of halogens is 3. The summed E-state index contributed by atoms with van der Waals surface area (Å²) >= 11 is 0. The first-order valence-corrected chi connectivity index (χ1v) is 10.1. The topological polar surface area (TPSA) is 197 Å². The Bertz CT molecular complexity index is 799. The fourth-order valence-corrected chi connectivity index (χ4v) is 3.74. The van der Waals surface area contributed by atoms with Crippen LogP contribution in [-0.2, 0) is 6.54 Å². The van der Waals surface area contributed by atoms with E-state index < -0.39 is 11.6 Å². The van der Waals surface area contributed by atoms with Crippen LogP contribution in [0.3, 0.4) is 0 Å². The Morgan fingerprint density at radius 3 is 1.70 bits per heavy atom. The molecule has 0 saturated carbocycles. The molecule has 0 radical (unpaired) electrons. The maximum atomic E-state index is 13.9. The molecule has 3 heterocycles. The van der Waals surface area contributed by atoms with Crippen LogP contribution in [-0.4, -0.2) is 41.1 Å². The summed E-state index contributed by atoms with van der Waals surface area (Å²) in [6.45, 7) is 3.95. The zero-order valence-electron chi connectivity index (χ0n) is 19.2. The minimum Gasteiger partial charge on any atom is -0.350 e. The van der Waals surface area contributed by atoms with Crippen LogP contribution >= 0.6 is 12.4 Å². The zero-order valence-corrected chi connectivity index (χ0v) is 20.1. The molecule has 2 aromatic rings. The number of anilines is 3. The second-order valence-electron chi connectivity index (χ2n) is 7.44. The molecule has 0 bridgehead atoms. The van der Waals surface area contributed by atoms with Crippen molar-refractivity contribution < 1.29 is 14.5 Å². The standard InChI is InChI=1S/C20H26F2N6.ClH.4H3N.4H2/c21-16-8-7-15(17(22)13-16)14-23-18-24-19(27-9-3-1-4-10-27)26-20(25-18)28-11-5-2-6-12-28;;;;;;;;;/h7-8,13H,1-6,9-12,14H2,(H,23,24,25,26);1H;4*1H3;4*1H. The second-order valence-corrected chi connectivity index (χ2v) is 7.44. The van der Waals surface area contributed by atoms with Gasteiger partial charge in [0.25, 0.3) is 0 Å². The van der Waals surface area contributed by atoms with Crippen molar-refractivity contribution in [2.45, 2.75) is 45.1 Å². The van der Waals surface area contributed by atoms with Gasteiger partial charge < -0.3 is 39.7 Å². The number of nitrogens with zero attached hydrogens (tertiary/aromatic N) is 5. The molecule has 13 heteroatoms. The van der Waals surface area contributed by atoms with Crippen LogP contribution in [0.1, 0.15) is 49.8 Å². The number of hydrogen-bond donors (Lipinski definition) is 5. The molecule has 33 heavy (non-hydrogen) atoms. The SMILES string of the molecule is Cl.Fc1ccc(CNc2nc(N3CCCCC3)nc(N3CCCCC3)n2)c(F)c1.N.N.N.N.[HH].[HH].[HH].[HH]. The minimum absolute atomic E-state index is 0. The van der Waals surface area contributed by atoms with E-state index in [0.717, 1.165) is 57.9 Å². The van der Waals surface area contributed by atoms with Crippen LogP contribution in [0.4, 0.5) is 26.6 Å². The second kappa shape index (κ2) is 15.5. The van der Waals surface area contributed by atoms with E-state index in [0.29, 0.717) is 23.4 Å². The number of benzene rings is 1. The van der Waals surface area contributed by atoms with E-state index >= 15 is 0 Å². The number of rotatable bonds is 5. The molecule has 0 amide bonds. The molecular weight excluding hydrogens is 454 g/mol. The normalized spacial score (nSPS) is 15.0. The first kappa shape index (κ1) is 32.8. The summed E-state index contributed by atoms with van der Waals surface area (Å²) in [5, 5.41) is 3.10. The van der Waals surface area contributed by atoms with E-state index in [1.54, 1.807) is 0 Å². The highest BCUT2D eigenvalue weighted by molar-refractivity contribution is 5.85. The maximum absolute atomic E-state index is 13.9. The van der Waals surface area contributed by atoms with E-state index in [-0.39, 0.29) is 49.3 Å². The molecule has 2 saturated heterocycles. The van der Waals surface area contributed by atoms with Crippen LogP contribution in [0, 0.1) is 11.6 Å². The predicted octanol–water partition coefficient (Wildman–Crippen LogP) is 5.80. The third kappa shape index (κ3) is 8.48. The largest absolute Gasteiger partial charge is 0.350 e. The molecule has 1 aromatic carbocycles. The Kier molecular flexibility index (Phi) is 15.4. The Hall–Kier alpha value is -2.38. The first-order chi connectivity index (χ1) is 13.7. The first-order valence-electron chi connectivity index (χ1n) is 10.1. The van der Waals surface area contributed by atoms with Crippen molar-refractivity contribution in [3.8, 4) is 0 Å². The summed E-state index contributed by atoms with van der Waals surface area (Å²) in [7, 11) is 0. The van der Waals surface area contributed by atoms with Gasteiger partial charge in [-0.15, -0.1) is 12.4 Å². The van der Waals surface area contributed by atoms with Crippen LogP contribution < -0.4 is 39.7 Å². The fraction of sp³-hybridized carbons (Fsp3) is 0.550. The van der Waals surface area contributed by atoms with E-state index in [1.165, 1.54) is 25.0 Å². The molecular formula is C20H47ClF2N10. The van der Waals surface area contributed by atoms with Crippen molar-refractivity contribution in [2.24, 2.45) is 0 Å². The van der Waals surface area contributed by atoms with Crippen molar-refractivity contribution in [1.82, 2.24) is 39.6 Å². The zero-order chi connectivity index (χ0) is 19.3. The molecule has 0 atom stereocenters. The van der Waals surface area contributed by atoms with Crippen LogP contribution in [0.5, 0.6) is 0 Å². The molecule has 2 aliphatic rings. The summed E-state index contributed by atoms with van der Waals surface area (Å²) in [5.74, 6) is 0.629. The van der Waals surface area contributed by atoms with Gasteiger partial charge in [-0.05, 0) is 44.6 Å². The molecule has 0 unspecified atom stereocenters. The van der Waals surface area contributed by atoms with Gasteiger partial charge in [0, 0.05) is 50.1 Å². The molecule has 13 N–H and O–H groups in total. The van der Waals surface area contributed by atoms with Gasteiger partial charge in [-0.1, -0.05) is 6.07 Å². The predicted molar refractivity (Wildman–Crippen MR) is 141 cm³/mol. The van der Waals surface area contributed by atoms with Gasteiger partial charge in [0.2, 0.25) is 17.8 Å². The lowest BCUT2D eigenvalue weighted by atomic mass is 10.1. The number of nitrogens with one attached hydrogen (secondary N) is 1. The van der Waals surface area contributed by atoms with Gasteiger partial charge in [0.15, 0.2) is 0 Å². The van der Waals surface area contributed by atoms with Crippen LogP contribution in [0.2, 0.25) is 0 Å². The molecule has 2 fully saturated rings. The third-order valence-corrected chi connectivity index (χ3v) is 5.34. The monoisotopic (exact) mass is 500 g/mol. The van der Waals surface area contributed by atoms with Crippen LogP contribution in [0.25, 0.3) is 0 Å². The average molecular weight is 501 g/mol. The smallest absolute Gasteiger partial charge is 0.231 e. The van der Waals surface area contributed by atoms with Crippen molar-refractivity contribution in [3.63, 3.8) is 0 Å². The number of piperidine rings is 2. The molecule has 0 spiro atoms. The molecule has 10 nitrogen and oxygen atoms in total. The van der Waals surface area contributed by atoms with Crippen molar-refractivity contribution in [3.05, 3.63) is 35.4 Å². The molecule has 2 aliphatic heterocycles. The highest BCUT2D eigenvalue weighted by atomic mass is 35.5. The lowest BCUT2D eigenvalue weighted by Gasteiger charge is -2.30. The van der Waals surface area contributed by atoms with Crippen molar-refractivity contribution >= 4 is 30.3 Å². The van der Waals surface area contributed by atoms with Gasteiger partial charge in [0.05, 0.1) is 0 Å². The van der Waals surface area contributed by atoms with Gasteiger partial charge >= 0.3 is 0 Å².